The SMILES string of the molecule is CCCCCCCCCCCCN(CCCCCCCCCCCC)P(N)(=O)N(CC)CC. The molecule has 0 aliphatic rings. The quantitative estimate of drug-likeness (QED) is 0.0974. The van der Waals surface area contributed by atoms with E-state index in [2.05, 4.69) is 32.4 Å². The number of hydrogen-bond donors (Lipinski definition) is 1. The second-order valence-electron chi connectivity index (χ2n) is 10.0. The molecule has 0 aromatic rings. The molecule has 33 heavy (non-hydrogen) atoms. The Morgan fingerprint density at radius 1 is 0.455 bits per heavy atom. The van der Waals surface area contributed by atoms with Crippen LogP contribution in [0.1, 0.15) is 156 Å². The van der Waals surface area contributed by atoms with Gasteiger partial charge in [-0.05, 0) is 12.8 Å². The van der Waals surface area contributed by atoms with E-state index in [1.807, 2.05) is 4.67 Å². The summed E-state index contributed by atoms with van der Waals surface area (Å²) in [5.41, 5.74) is 6.47. The fourth-order valence-corrected chi connectivity index (χ4v) is 6.79. The van der Waals surface area contributed by atoms with Crippen molar-refractivity contribution in [2.24, 2.45) is 5.50 Å². The van der Waals surface area contributed by atoms with Crippen LogP contribution in [0.4, 0.5) is 0 Å². The van der Waals surface area contributed by atoms with Gasteiger partial charge in [0.25, 0.3) is 7.59 Å². The molecule has 0 radical (unpaired) electrons. The molecule has 0 fully saturated rings. The molecule has 0 aromatic carbocycles. The van der Waals surface area contributed by atoms with Gasteiger partial charge in [-0.1, -0.05) is 143 Å². The Labute approximate surface area is 209 Å². The maximum Gasteiger partial charge on any atom is 0.281 e. The van der Waals surface area contributed by atoms with Gasteiger partial charge >= 0.3 is 0 Å². The third kappa shape index (κ3) is 18.1. The lowest BCUT2D eigenvalue weighted by Gasteiger charge is -2.35. The van der Waals surface area contributed by atoms with Crippen LogP contribution >= 0.6 is 7.59 Å². The summed E-state index contributed by atoms with van der Waals surface area (Å²) in [4.78, 5) is 0. The van der Waals surface area contributed by atoms with Crippen molar-refractivity contribution in [3.05, 3.63) is 0 Å². The van der Waals surface area contributed by atoms with Gasteiger partial charge in [0.1, 0.15) is 0 Å². The highest BCUT2D eigenvalue weighted by molar-refractivity contribution is 7.56. The predicted octanol–water partition coefficient (Wildman–Crippen LogP) is 9.54. The van der Waals surface area contributed by atoms with Crippen molar-refractivity contribution < 1.29 is 4.57 Å². The monoisotopic (exact) mass is 487 g/mol. The van der Waals surface area contributed by atoms with Crippen LogP contribution in [0.25, 0.3) is 0 Å². The van der Waals surface area contributed by atoms with E-state index in [0.717, 1.165) is 39.0 Å². The predicted molar refractivity (Wildman–Crippen MR) is 150 cm³/mol. The normalized spacial score (nSPS) is 13.8. The summed E-state index contributed by atoms with van der Waals surface area (Å²) in [6.45, 7) is 12.0. The van der Waals surface area contributed by atoms with E-state index < -0.39 is 7.59 Å². The van der Waals surface area contributed by atoms with Crippen LogP contribution < -0.4 is 5.50 Å². The number of nitrogens with two attached hydrogens (primary N) is 1. The molecule has 4 nitrogen and oxygen atoms in total. The smallest absolute Gasteiger partial charge is 0.271 e. The molecule has 0 bridgehead atoms. The molecule has 0 aliphatic carbocycles. The van der Waals surface area contributed by atoms with Crippen molar-refractivity contribution in [3.8, 4) is 0 Å². The maximum absolute atomic E-state index is 13.5. The molecule has 0 aliphatic heterocycles. The third-order valence-corrected chi connectivity index (χ3v) is 9.67. The standard InChI is InChI=1S/C28H62N3OP/c1-5-9-11-13-15-17-19-21-23-25-27-31(33(29,32)30(7-3)8-4)28-26-24-22-20-18-16-14-12-10-6-2/h5-28H2,1-4H3,(H2,29,32). The zero-order chi connectivity index (χ0) is 24.6. The molecule has 0 saturated heterocycles. The maximum atomic E-state index is 13.5. The van der Waals surface area contributed by atoms with Gasteiger partial charge in [0, 0.05) is 26.2 Å². The summed E-state index contributed by atoms with van der Waals surface area (Å²) in [7, 11) is -2.90. The van der Waals surface area contributed by atoms with Crippen molar-refractivity contribution in [1.82, 2.24) is 9.34 Å². The highest BCUT2D eigenvalue weighted by Crippen LogP contribution is 2.45. The highest BCUT2D eigenvalue weighted by atomic mass is 31.2. The van der Waals surface area contributed by atoms with Crippen LogP contribution in [-0.4, -0.2) is 35.5 Å². The van der Waals surface area contributed by atoms with Crippen LogP contribution in [-0.2, 0) is 4.57 Å². The Morgan fingerprint density at radius 2 is 0.727 bits per heavy atom. The van der Waals surface area contributed by atoms with E-state index in [1.165, 1.54) is 116 Å². The minimum atomic E-state index is -2.90. The van der Waals surface area contributed by atoms with E-state index in [4.69, 9.17) is 5.50 Å². The second-order valence-corrected chi connectivity index (χ2v) is 12.4. The summed E-state index contributed by atoms with van der Waals surface area (Å²) in [6.07, 6.45) is 26.6. The first-order valence-electron chi connectivity index (χ1n) is 14.9. The van der Waals surface area contributed by atoms with Crippen LogP contribution in [0.5, 0.6) is 0 Å². The molecule has 1 atom stereocenters. The van der Waals surface area contributed by atoms with E-state index in [-0.39, 0.29) is 0 Å². The van der Waals surface area contributed by atoms with Crippen molar-refractivity contribution in [2.75, 3.05) is 26.2 Å². The van der Waals surface area contributed by atoms with Gasteiger partial charge in [-0.3, -0.25) is 10.1 Å². The van der Waals surface area contributed by atoms with Crippen molar-refractivity contribution in [3.63, 3.8) is 0 Å². The number of nitrogens with zero attached hydrogens (tertiary/aromatic N) is 2. The average Bonchev–Trinajstić information content (AvgIpc) is 2.80. The van der Waals surface area contributed by atoms with Crippen LogP contribution in [0.15, 0.2) is 0 Å². The molecule has 0 rings (SSSR count). The Morgan fingerprint density at radius 3 is 1.00 bits per heavy atom. The van der Waals surface area contributed by atoms with Gasteiger partial charge in [0.05, 0.1) is 0 Å². The second kappa shape index (κ2) is 23.8. The zero-order valence-corrected chi connectivity index (χ0v) is 24.2. The lowest BCUT2D eigenvalue weighted by Crippen LogP contribution is -2.37. The summed E-state index contributed by atoms with van der Waals surface area (Å²) in [6, 6.07) is 0. The fraction of sp³-hybridized carbons (Fsp3) is 1.00. The molecule has 0 aromatic heterocycles. The molecular formula is C28H62N3OP. The number of rotatable bonds is 26. The minimum Gasteiger partial charge on any atom is -0.271 e. The minimum absolute atomic E-state index is 0.761. The van der Waals surface area contributed by atoms with Crippen molar-refractivity contribution >= 4 is 7.59 Å². The first kappa shape index (κ1) is 33.1. The summed E-state index contributed by atoms with van der Waals surface area (Å²) < 4.78 is 17.6. The highest BCUT2D eigenvalue weighted by Gasteiger charge is 2.30. The molecule has 2 N–H and O–H groups in total. The average molecular weight is 488 g/mol. The van der Waals surface area contributed by atoms with Crippen molar-refractivity contribution in [2.45, 2.75) is 156 Å². The topological polar surface area (TPSA) is 49.6 Å². The Hall–Kier alpha value is 0.110. The first-order valence-corrected chi connectivity index (χ1v) is 16.6. The molecular weight excluding hydrogens is 425 g/mol. The lowest BCUT2D eigenvalue weighted by atomic mass is 10.1. The van der Waals surface area contributed by atoms with Crippen molar-refractivity contribution in [1.29, 1.82) is 0 Å². The largest absolute Gasteiger partial charge is 0.281 e. The van der Waals surface area contributed by atoms with Crippen LogP contribution in [0.3, 0.4) is 0 Å². The summed E-state index contributed by atoms with van der Waals surface area (Å²) in [5, 5.41) is 0. The fourth-order valence-electron chi connectivity index (χ4n) is 4.77. The summed E-state index contributed by atoms with van der Waals surface area (Å²) in [5.74, 6) is 0. The molecule has 0 spiro atoms. The van der Waals surface area contributed by atoms with Gasteiger partial charge in [-0.15, -0.1) is 0 Å². The van der Waals surface area contributed by atoms with Gasteiger partial charge in [0.15, 0.2) is 0 Å². The van der Waals surface area contributed by atoms with Crippen LogP contribution in [0, 0.1) is 0 Å². The Balaban J connectivity index is 4.17. The lowest BCUT2D eigenvalue weighted by molar-refractivity contribution is 0.330. The molecule has 0 heterocycles. The number of unbranched alkanes of at least 4 members (excludes halogenated alkanes) is 18. The van der Waals surface area contributed by atoms with Gasteiger partial charge in [0.2, 0.25) is 0 Å². The Bertz CT molecular complexity index is 419. The molecule has 1 unspecified atom stereocenters. The zero-order valence-electron chi connectivity index (χ0n) is 23.3. The van der Waals surface area contributed by atoms with Gasteiger partial charge in [-0.2, -0.15) is 0 Å². The van der Waals surface area contributed by atoms with Gasteiger partial charge in [-0.25, -0.2) is 9.34 Å². The Kier molecular flexibility index (Phi) is 23.9. The number of hydrogen-bond acceptors (Lipinski definition) is 1. The molecule has 200 valence electrons. The van der Waals surface area contributed by atoms with Crippen LogP contribution in [0.2, 0.25) is 0 Å². The van der Waals surface area contributed by atoms with E-state index in [0.29, 0.717) is 0 Å². The first-order chi connectivity index (χ1) is 16.0. The van der Waals surface area contributed by atoms with E-state index in [9.17, 15) is 4.57 Å². The van der Waals surface area contributed by atoms with Gasteiger partial charge < -0.3 is 0 Å². The van der Waals surface area contributed by atoms with E-state index >= 15 is 0 Å². The molecule has 0 amide bonds. The summed E-state index contributed by atoms with van der Waals surface area (Å²) >= 11 is 0. The third-order valence-electron chi connectivity index (χ3n) is 7.08. The molecule has 5 heteroatoms. The molecule has 0 saturated carbocycles. The van der Waals surface area contributed by atoms with E-state index in [1.54, 1.807) is 0 Å².